The summed E-state index contributed by atoms with van der Waals surface area (Å²) in [4.78, 5) is 19.4. The molecule has 0 aromatic heterocycles. The number of benzene rings is 2. The van der Waals surface area contributed by atoms with Crippen LogP contribution < -0.4 is 0 Å². The summed E-state index contributed by atoms with van der Waals surface area (Å²) in [5.74, 6) is -1.27. The van der Waals surface area contributed by atoms with E-state index >= 15 is 0 Å². The Labute approximate surface area is 144 Å². The van der Waals surface area contributed by atoms with Crippen LogP contribution in [0.15, 0.2) is 53.7 Å². The van der Waals surface area contributed by atoms with Crippen LogP contribution in [-0.4, -0.2) is 35.7 Å². The Balaban J connectivity index is 1.66. The van der Waals surface area contributed by atoms with Crippen LogP contribution in [0, 0.1) is 11.6 Å². The Bertz CT molecular complexity index is 808. The summed E-state index contributed by atoms with van der Waals surface area (Å²) in [5, 5.41) is 4.00. The fourth-order valence-electron chi connectivity index (χ4n) is 2.77. The molecule has 0 bridgehead atoms. The number of oxime groups is 1. The molecule has 4 nitrogen and oxygen atoms in total. The first-order chi connectivity index (χ1) is 12.1. The smallest absolute Gasteiger partial charge is 0.256 e. The van der Waals surface area contributed by atoms with E-state index in [4.69, 9.17) is 4.84 Å². The van der Waals surface area contributed by atoms with Gasteiger partial charge in [-0.15, -0.1) is 0 Å². The molecule has 0 saturated carbocycles. The minimum absolute atomic E-state index is 0.0358. The van der Waals surface area contributed by atoms with Crippen molar-refractivity contribution in [1.82, 2.24) is 4.90 Å². The number of carbonyl (C=O) groups excluding carboxylic acids is 1. The van der Waals surface area contributed by atoms with Gasteiger partial charge in [0, 0.05) is 18.5 Å². The normalized spacial score (nSPS) is 16.3. The second-order valence-electron chi connectivity index (χ2n) is 5.80. The van der Waals surface area contributed by atoms with E-state index in [9.17, 15) is 13.6 Å². The summed E-state index contributed by atoms with van der Waals surface area (Å²) in [7, 11) is 0. The Morgan fingerprint density at radius 2 is 2.04 bits per heavy atom. The minimum atomic E-state index is -0.546. The average molecular weight is 344 g/mol. The quantitative estimate of drug-likeness (QED) is 0.831. The van der Waals surface area contributed by atoms with Crippen LogP contribution in [0.2, 0.25) is 0 Å². The standard InChI is InChI=1S/C19H18F2N2O2/c1-2-23(19(24)16-8-3-4-9-17(16)21)12-15-11-18(22-25-15)13-6-5-7-14(20)10-13/h3-10,15H,2,11-12H2,1H3/t15-/m0/s1. The molecule has 0 spiro atoms. The van der Waals surface area contributed by atoms with Crippen LogP contribution in [0.25, 0.3) is 0 Å². The summed E-state index contributed by atoms with van der Waals surface area (Å²) in [6, 6.07) is 12.0. The molecule has 0 N–H and O–H groups in total. The van der Waals surface area contributed by atoms with Crippen molar-refractivity contribution in [3.8, 4) is 0 Å². The van der Waals surface area contributed by atoms with Crippen molar-refractivity contribution in [2.75, 3.05) is 13.1 Å². The molecule has 1 heterocycles. The number of carbonyl (C=O) groups is 1. The molecular formula is C19H18F2N2O2. The van der Waals surface area contributed by atoms with Gasteiger partial charge in [0.05, 0.1) is 17.8 Å². The predicted molar refractivity (Wildman–Crippen MR) is 90.4 cm³/mol. The third kappa shape index (κ3) is 3.84. The third-order valence-corrected chi connectivity index (χ3v) is 4.09. The van der Waals surface area contributed by atoms with Gasteiger partial charge in [-0.1, -0.05) is 29.4 Å². The lowest BCUT2D eigenvalue weighted by atomic mass is 10.0. The molecule has 0 radical (unpaired) electrons. The molecule has 2 aromatic rings. The zero-order valence-corrected chi connectivity index (χ0v) is 13.8. The molecular weight excluding hydrogens is 326 g/mol. The van der Waals surface area contributed by atoms with Crippen molar-refractivity contribution in [2.45, 2.75) is 19.4 Å². The minimum Gasteiger partial charge on any atom is -0.390 e. The van der Waals surface area contributed by atoms with Crippen LogP contribution in [0.1, 0.15) is 29.3 Å². The van der Waals surface area contributed by atoms with E-state index in [0.717, 1.165) is 0 Å². The van der Waals surface area contributed by atoms with Gasteiger partial charge >= 0.3 is 0 Å². The fraction of sp³-hybridized carbons (Fsp3) is 0.263. The van der Waals surface area contributed by atoms with Gasteiger partial charge in [-0.25, -0.2) is 8.78 Å². The summed E-state index contributed by atoms with van der Waals surface area (Å²) in [6.07, 6.45) is 0.124. The molecule has 2 aromatic carbocycles. The van der Waals surface area contributed by atoms with Crippen molar-refractivity contribution >= 4 is 11.6 Å². The maximum atomic E-state index is 13.8. The molecule has 1 aliphatic heterocycles. The van der Waals surface area contributed by atoms with Gasteiger partial charge in [0.1, 0.15) is 11.6 Å². The maximum Gasteiger partial charge on any atom is 0.256 e. The number of rotatable bonds is 5. The Morgan fingerprint density at radius 1 is 1.24 bits per heavy atom. The molecule has 1 aliphatic rings. The second-order valence-corrected chi connectivity index (χ2v) is 5.80. The molecule has 0 aliphatic carbocycles. The van der Waals surface area contributed by atoms with E-state index in [1.54, 1.807) is 24.3 Å². The van der Waals surface area contributed by atoms with E-state index in [1.165, 1.54) is 29.2 Å². The number of likely N-dealkylation sites (N-methyl/N-ethyl adjacent to an activating group) is 1. The van der Waals surface area contributed by atoms with Gasteiger partial charge in [-0.2, -0.15) is 0 Å². The first kappa shape index (κ1) is 17.1. The number of hydrogen-bond acceptors (Lipinski definition) is 3. The zero-order valence-electron chi connectivity index (χ0n) is 13.8. The van der Waals surface area contributed by atoms with Gasteiger partial charge in [0.2, 0.25) is 0 Å². The Hall–Kier alpha value is -2.76. The van der Waals surface area contributed by atoms with E-state index in [0.29, 0.717) is 24.2 Å². The van der Waals surface area contributed by atoms with Crippen LogP contribution >= 0.6 is 0 Å². The second kappa shape index (κ2) is 7.42. The molecule has 130 valence electrons. The van der Waals surface area contributed by atoms with Crippen molar-refractivity contribution < 1.29 is 18.4 Å². The SMILES string of the molecule is CCN(C[C@@H]1CC(c2cccc(F)c2)=NO1)C(=O)c1ccccc1F. The highest BCUT2D eigenvalue weighted by Gasteiger charge is 2.27. The summed E-state index contributed by atoms with van der Waals surface area (Å²) in [5.41, 5.74) is 1.33. The van der Waals surface area contributed by atoms with Gasteiger partial charge in [0.15, 0.2) is 6.10 Å². The third-order valence-electron chi connectivity index (χ3n) is 4.09. The Kier molecular flexibility index (Phi) is 5.07. The van der Waals surface area contributed by atoms with E-state index in [-0.39, 0.29) is 29.9 Å². The first-order valence-electron chi connectivity index (χ1n) is 8.11. The largest absolute Gasteiger partial charge is 0.390 e. The number of nitrogens with zero attached hydrogens (tertiary/aromatic N) is 2. The summed E-state index contributed by atoms with van der Waals surface area (Å²) < 4.78 is 27.2. The van der Waals surface area contributed by atoms with Crippen molar-refractivity contribution in [2.24, 2.45) is 5.16 Å². The van der Waals surface area contributed by atoms with E-state index in [1.807, 2.05) is 6.92 Å². The molecule has 1 atom stereocenters. The lowest BCUT2D eigenvalue weighted by Crippen LogP contribution is -2.38. The lowest BCUT2D eigenvalue weighted by molar-refractivity contribution is 0.0433. The van der Waals surface area contributed by atoms with Crippen molar-refractivity contribution in [3.63, 3.8) is 0 Å². The van der Waals surface area contributed by atoms with Crippen molar-refractivity contribution in [3.05, 3.63) is 71.3 Å². The number of hydrogen-bond donors (Lipinski definition) is 0. The molecule has 0 fully saturated rings. The van der Waals surface area contributed by atoms with Crippen LogP contribution in [-0.2, 0) is 4.84 Å². The monoisotopic (exact) mass is 344 g/mol. The number of halogens is 2. The Morgan fingerprint density at radius 3 is 2.76 bits per heavy atom. The molecule has 25 heavy (non-hydrogen) atoms. The van der Waals surface area contributed by atoms with Gasteiger partial charge in [0.25, 0.3) is 5.91 Å². The predicted octanol–water partition coefficient (Wildman–Crippen LogP) is 3.62. The average Bonchev–Trinajstić information content (AvgIpc) is 3.08. The van der Waals surface area contributed by atoms with E-state index in [2.05, 4.69) is 5.16 Å². The lowest BCUT2D eigenvalue weighted by Gasteiger charge is -2.23. The van der Waals surface area contributed by atoms with Crippen LogP contribution in [0.4, 0.5) is 8.78 Å². The number of amides is 1. The van der Waals surface area contributed by atoms with Crippen LogP contribution in [0.3, 0.4) is 0 Å². The van der Waals surface area contributed by atoms with Gasteiger partial charge in [-0.3, -0.25) is 4.79 Å². The fourth-order valence-corrected chi connectivity index (χ4v) is 2.77. The molecule has 1 amide bonds. The molecule has 0 saturated heterocycles. The first-order valence-corrected chi connectivity index (χ1v) is 8.11. The molecule has 3 rings (SSSR count). The van der Waals surface area contributed by atoms with Gasteiger partial charge < -0.3 is 9.74 Å². The highest BCUT2D eigenvalue weighted by atomic mass is 19.1. The van der Waals surface area contributed by atoms with E-state index < -0.39 is 5.82 Å². The highest BCUT2D eigenvalue weighted by Crippen LogP contribution is 2.19. The molecule has 0 unspecified atom stereocenters. The van der Waals surface area contributed by atoms with Crippen molar-refractivity contribution in [1.29, 1.82) is 0 Å². The zero-order chi connectivity index (χ0) is 17.8. The van der Waals surface area contributed by atoms with Crippen LogP contribution in [0.5, 0.6) is 0 Å². The maximum absolute atomic E-state index is 13.8. The summed E-state index contributed by atoms with van der Waals surface area (Å²) in [6.45, 7) is 2.52. The van der Waals surface area contributed by atoms with Gasteiger partial charge in [-0.05, 0) is 31.2 Å². The summed E-state index contributed by atoms with van der Waals surface area (Å²) >= 11 is 0. The highest BCUT2D eigenvalue weighted by molar-refractivity contribution is 6.01. The molecule has 6 heteroatoms. The topological polar surface area (TPSA) is 41.9 Å².